The summed E-state index contributed by atoms with van der Waals surface area (Å²) in [6, 6.07) is 12.6. The average molecular weight is 442 g/mol. The number of nitriles is 1. The van der Waals surface area contributed by atoms with Crippen molar-refractivity contribution in [3.05, 3.63) is 54.5 Å². The number of nitrogens with one attached hydrogen (secondary N) is 1. The van der Waals surface area contributed by atoms with Gasteiger partial charge < -0.3 is 19.4 Å². The summed E-state index contributed by atoms with van der Waals surface area (Å²) < 4.78 is 10.7. The van der Waals surface area contributed by atoms with E-state index in [1.165, 1.54) is 0 Å². The van der Waals surface area contributed by atoms with E-state index in [-0.39, 0.29) is 6.29 Å². The molecule has 0 atom stereocenters. The highest BCUT2D eigenvalue weighted by Gasteiger charge is 2.24. The number of nitrogens with zero attached hydrogens (tertiary/aromatic N) is 4. The van der Waals surface area contributed by atoms with E-state index in [1.54, 1.807) is 20.4 Å². The number of methoxy groups -OCH3 is 2. The molecule has 7 nitrogen and oxygen atoms in total. The zero-order chi connectivity index (χ0) is 22.8. The lowest BCUT2D eigenvalue weighted by Gasteiger charge is -2.34. The molecule has 1 aliphatic rings. The summed E-state index contributed by atoms with van der Waals surface area (Å²) in [6.07, 6.45) is 8.35. The van der Waals surface area contributed by atoms with Crippen LogP contribution in [0.25, 0.3) is 32.9 Å². The van der Waals surface area contributed by atoms with Gasteiger partial charge in [-0.3, -0.25) is 4.98 Å². The quantitative estimate of drug-likeness (QED) is 0.429. The molecular formula is C26H27N5O2. The highest BCUT2D eigenvalue weighted by molar-refractivity contribution is 6.07. The van der Waals surface area contributed by atoms with Gasteiger partial charge in [0.2, 0.25) is 0 Å². The molecule has 3 aromatic heterocycles. The van der Waals surface area contributed by atoms with Gasteiger partial charge in [0.25, 0.3) is 0 Å². The van der Waals surface area contributed by atoms with Crippen LogP contribution in [0.15, 0.2) is 48.9 Å². The number of piperidine rings is 1. The van der Waals surface area contributed by atoms with Gasteiger partial charge in [-0.15, -0.1) is 0 Å². The predicted molar refractivity (Wildman–Crippen MR) is 129 cm³/mol. The Morgan fingerprint density at radius 1 is 1.06 bits per heavy atom. The number of benzene rings is 1. The normalized spacial score (nSPS) is 14.9. The number of aromatic nitrogens is 3. The number of aromatic amines is 1. The molecule has 5 rings (SSSR count). The van der Waals surface area contributed by atoms with Crippen LogP contribution in [0.5, 0.6) is 0 Å². The molecule has 7 heteroatoms. The van der Waals surface area contributed by atoms with Crippen LogP contribution >= 0.6 is 0 Å². The maximum Gasteiger partial charge on any atom is 0.157 e. The van der Waals surface area contributed by atoms with Crippen molar-refractivity contribution < 1.29 is 9.47 Å². The Bertz CT molecular complexity index is 1310. The second kappa shape index (κ2) is 9.18. The van der Waals surface area contributed by atoms with Crippen molar-refractivity contribution in [2.45, 2.75) is 25.6 Å². The number of rotatable bonds is 6. The van der Waals surface area contributed by atoms with Crippen molar-refractivity contribution in [3.63, 3.8) is 0 Å². The van der Waals surface area contributed by atoms with Crippen LogP contribution in [0.4, 0.5) is 5.82 Å². The van der Waals surface area contributed by atoms with Crippen molar-refractivity contribution in [2.24, 2.45) is 5.92 Å². The van der Waals surface area contributed by atoms with Crippen molar-refractivity contribution in [1.82, 2.24) is 15.0 Å². The Kier molecular flexibility index (Phi) is 5.95. The molecule has 0 saturated carbocycles. The summed E-state index contributed by atoms with van der Waals surface area (Å²) in [5.41, 5.74) is 4.69. The van der Waals surface area contributed by atoms with Crippen molar-refractivity contribution in [2.75, 3.05) is 32.2 Å². The van der Waals surface area contributed by atoms with Gasteiger partial charge in [-0.05, 0) is 42.5 Å². The topological polar surface area (TPSA) is 87.1 Å². The first-order valence-corrected chi connectivity index (χ1v) is 11.3. The Hall–Kier alpha value is -3.47. The van der Waals surface area contributed by atoms with Gasteiger partial charge in [0, 0.05) is 79.7 Å². The molecule has 33 heavy (non-hydrogen) atoms. The lowest BCUT2D eigenvalue weighted by atomic mass is 9.93. The van der Waals surface area contributed by atoms with Crippen LogP contribution in [0, 0.1) is 17.2 Å². The van der Waals surface area contributed by atoms with Crippen LogP contribution in [0.1, 0.15) is 24.8 Å². The molecule has 0 bridgehead atoms. The highest BCUT2D eigenvalue weighted by Crippen LogP contribution is 2.32. The van der Waals surface area contributed by atoms with Crippen molar-refractivity contribution >= 4 is 27.6 Å². The molecule has 0 amide bonds. The van der Waals surface area contributed by atoms with E-state index in [1.807, 2.05) is 24.5 Å². The second-order valence-electron chi connectivity index (χ2n) is 8.58. The summed E-state index contributed by atoms with van der Waals surface area (Å²) >= 11 is 0. The maximum atomic E-state index is 9.86. The van der Waals surface area contributed by atoms with Gasteiger partial charge in [-0.25, -0.2) is 4.98 Å². The van der Waals surface area contributed by atoms with Crippen LogP contribution in [-0.4, -0.2) is 48.6 Å². The number of ether oxygens (including phenoxy) is 2. The SMILES string of the molecule is COC(CC1CCN(c2ncc(-c3ccc4c(c3)[nH]c3ccncc34)cc2C#N)CC1)OC. The number of anilines is 1. The Morgan fingerprint density at radius 3 is 2.64 bits per heavy atom. The molecule has 1 aliphatic heterocycles. The number of fused-ring (bicyclic) bond motifs is 3. The Labute approximate surface area is 193 Å². The van der Waals surface area contributed by atoms with Gasteiger partial charge >= 0.3 is 0 Å². The molecule has 1 fully saturated rings. The third kappa shape index (κ3) is 4.15. The molecule has 0 radical (unpaired) electrons. The minimum Gasteiger partial charge on any atom is -0.356 e. The van der Waals surface area contributed by atoms with Gasteiger partial charge in [0.1, 0.15) is 11.9 Å². The number of hydrogen-bond donors (Lipinski definition) is 1. The predicted octanol–water partition coefficient (Wildman–Crippen LogP) is 4.88. The van der Waals surface area contributed by atoms with E-state index in [9.17, 15) is 5.26 Å². The fourth-order valence-electron chi connectivity index (χ4n) is 4.82. The smallest absolute Gasteiger partial charge is 0.157 e. The van der Waals surface area contributed by atoms with Gasteiger partial charge in [0.05, 0.1) is 5.56 Å². The van der Waals surface area contributed by atoms with Crippen molar-refractivity contribution in [1.29, 1.82) is 5.26 Å². The van der Waals surface area contributed by atoms with Gasteiger partial charge in [-0.2, -0.15) is 5.26 Å². The minimum atomic E-state index is -0.153. The van der Waals surface area contributed by atoms with E-state index in [2.05, 4.69) is 39.1 Å². The van der Waals surface area contributed by atoms with E-state index >= 15 is 0 Å². The fraction of sp³-hybridized carbons (Fsp3) is 0.346. The number of pyridine rings is 2. The van der Waals surface area contributed by atoms with Crippen LogP contribution in [0.3, 0.4) is 0 Å². The highest BCUT2D eigenvalue weighted by atomic mass is 16.7. The monoisotopic (exact) mass is 441 g/mol. The summed E-state index contributed by atoms with van der Waals surface area (Å²) in [7, 11) is 3.36. The standard InChI is InChI=1S/C26H27N5O2/c1-32-25(33-2)11-17-6-9-31(10-7-17)26-19(14-27)12-20(15-29-26)18-3-4-21-22-16-28-8-5-23(22)30-24(21)13-18/h3-5,8,12-13,15-17,25,30H,6-7,9-11H2,1-2H3. The first kappa shape index (κ1) is 21.4. The average Bonchev–Trinajstić information content (AvgIpc) is 3.25. The maximum absolute atomic E-state index is 9.86. The molecular weight excluding hydrogens is 414 g/mol. The zero-order valence-corrected chi connectivity index (χ0v) is 18.9. The largest absolute Gasteiger partial charge is 0.356 e. The first-order valence-electron chi connectivity index (χ1n) is 11.3. The third-order valence-corrected chi connectivity index (χ3v) is 6.69. The lowest BCUT2D eigenvalue weighted by Crippen LogP contribution is -2.36. The molecule has 0 unspecified atom stereocenters. The second-order valence-corrected chi connectivity index (χ2v) is 8.58. The lowest BCUT2D eigenvalue weighted by molar-refractivity contribution is -0.115. The van der Waals surface area contributed by atoms with E-state index in [0.717, 1.165) is 71.1 Å². The molecule has 4 heterocycles. The Balaban J connectivity index is 1.37. The number of hydrogen-bond acceptors (Lipinski definition) is 6. The van der Waals surface area contributed by atoms with E-state index in [0.29, 0.717) is 11.5 Å². The zero-order valence-electron chi connectivity index (χ0n) is 18.9. The summed E-state index contributed by atoms with van der Waals surface area (Å²) in [6.45, 7) is 1.75. The van der Waals surface area contributed by atoms with Crippen LogP contribution in [-0.2, 0) is 9.47 Å². The molecule has 1 saturated heterocycles. The Morgan fingerprint density at radius 2 is 1.88 bits per heavy atom. The van der Waals surface area contributed by atoms with E-state index < -0.39 is 0 Å². The molecule has 1 N–H and O–H groups in total. The van der Waals surface area contributed by atoms with Crippen LogP contribution < -0.4 is 4.90 Å². The summed E-state index contributed by atoms with van der Waals surface area (Å²) in [4.78, 5) is 14.6. The number of H-pyrrole nitrogens is 1. The summed E-state index contributed by atoms with van der Waals surface area (Å²) in [5.74, 6) is 1.32. The fourth-order valence-corrected chi connectivity index (χ4v) is 4.82. The molecule has 4 aromatic rings. The van der Waals surface area contributed by atoms with Gasteiger partial charge in [-0.1, -0.05) is 12.1 Å². The van der Waals surface area contributed by atoms with E-state index in [4.69, 9.17) is 14.5 Å². The molecule has 0 spiro atoms. The van der Waals surface area contributed by atoms with Gasteiger partial charge in [0.15, 0.2) is 6.29 Å². The third-order valence-electron chi connectivity index (χ3n) is 6.69. The summed E-state index contributed by atoms with van der Waals surface area (Å²) in [5, 5.41) is 12.1. The molecule has 0 aliphatic carbocycles. The van der Waals surface area contributed by atoms with Crippen molar-refractivity contribution in [3.8, 4) is 17.2 Å². The molecule has 168 valence electrons. The minimum absolute atomic E-state index is 0.153. The molecule has 1 aromatic carbocycles. The first-order chi connectivity index (χ1) is 16.2. The van der Waals surface area contributed by atoms with Crippen LogP contribution in [0.2, 0.25) is 0 Å².